The second kappa shape index (κ2) is 6.36. The Labute approximate surface area is 108 Å². The van der Waals surface area contributed by atoms with Gasteiger partial charge in [0.1, 0.15) is 0 Å². The zero-order valence-corrected chi connectivity index (χ0v) is 10.5. The van der Waals surface area contributed by atoms with Crippen molar-refractivity contribution in [2.75, 3.05) is 13.2 Å². The molecular weight excluding hydrogens is 226 g/mol. The molecule has 0 spiro atoms. The number of rotatable bonds is 5. The number of carbonyl (C=O) groups excluding carboxylic acids is 1. The molecule has 1 aliphatic rings. The summed E-state index contributed by atoms with van der Waals surface area (Å²) in [7, 11) is 0. The second-order valence-electron chi connectivity index (χ2n) is 4.61. The molecule has 0 bridgehead atoms. The third-order valence-corrected chi connectivity index (χ3v) is 3.18. The van der Waals surface area contributed by atoms with E-state index in [-0.39, 0.29) is 12.5 Å². The number of benzene rings is 1. The molecule has 0 saturated carbocycles. The van der Waals surface area contributed by atoms with Gasteiger partial charge in [-0.05, 0) is 43.4 Å². The number of hydrogen-bond acceptors (Lipinski definition) is 2. The topological polar surface area (TPSA) is 49.3 Å². The van der Waals surface area contributed by atoms with Crippen LogP contribution in [-0.4, -0.2) is 24.2 Å². The van der Waals surface area contributed by atoms with E-state index in [1.54, 1.807) is 0 Å². The van der Waals surface area contributed by atoms with Gasteiger partial charge in [-0.1, -0.05) is 23.8 Å². The van der Waals surface area contributed by atoms with E-state index in [1.165, 1.54) is 30.4 Å². The van der Waals surface area contributed by atoms with Crippen LogP contribution in [-0.2, 0) is 6.42 Å². The summed E-state index contributed by atoms with van der Waals surface area (Å²) in [5.41, 5.74) is 3.40. The summed E-state index contributed by atoms with van der Waals surface area (Å²) in [5, 5.41) is 11.3. The summed E-state index contributed by atoms with van der Waals surface area (Å²) in [6.07, 6.45) is 7.01. The van der Waals surface area contributed by atoms with Crippen molar-refractivity contribution in [3.8, 4) is 0 Å². The molecule has 0 radical (unpaired) electrons. The van der Waals surface area contributed by atoms with Gasteiger partial charge in [0.2, 0.25) is 0 Å². The number of amides is 1. The zero-order valence-electron chi connectivity index (χ0n) is 10.5. The molecule has 3 nitrogen and oxygen atoms in total. The largest absolute Gasteiger partial charge is 0.395 e. The second-order valence-corrected chi connectivity index (χ2v) is 4.61. The molecular formula is C15H19NO2. The lowest BCUT2D eigenvalue weighted by Gasteiger charge is -2.05. The van der Waals surface area contributed by atoms with Crippen molar-refractivity contribution >= 4 is 5.91 Å². The Kier molecular flexibility index (Phi) is 4.53. The molecule has 0 heterocycles. The van der Waals surface area contributed by atoms with E-state index in [0.29, 0.717) is 12.1 Å². The maximum Gasteiger partial charge on any atom is 0.251 e. The Balaban J connectivity index is 1.94. The van der Waals surface area contributed by atoms with Gasteiger partial charge in [-0.3, -0.25) is 4.79 Å². The maximum absolute atomic E-state index is 11.6. The summed E-state index contributed by atoms with van der Waals surface area (Å²) in [6.45, 7) is 0.269. The molecule has 0 unspecified atom stereocenters. The van der Waals surface area contributed by atoms with E-state index in [2.05, 4.69) is 11.4 Å². The Bertz CT molecular complexity index is 434. The minimum Gasteiger partial charge on any atom is -0.395 e. The first kappa shape index (κ1) is 12.8. The summed E-state index contributed by atoms with van der Waals surface area (Å²) in [6, 6.07) is 7.70. The molecule has 1 aromatic carbocycles. The van der Waals surface area contributed by atoms with Gasteiger partial charge in [0.05, 0.1) is 6.61 Å². The Morgan fingerprint density at radius 3 is 2.67 bits per heavy atom. The fraction of sp³-hybridized carbons (Fsp3) is 0.400. The molecule has 0 aliphatic heterocycles. The molecule has 1 aliphatic carbocycles. The predicted molar refractivity (Wildman–Crippen MR) is 71.5 cm³/mol. The zero-order chi connectivity index (χ0) is 12.8. The maximum atomic E-state index is 11.6. The third kappa shape index (κ3) is 3.44. The van der Waals surface area contributed by atoms with E-state index < -0.39 is 0 Å². The van der Waals surface area contributed by atoms with E-state index in [4.69, 9.17) is 5.11 Å². The average Bonchev–Trinajstić information content (AvgIpc) is 2.89. The first-order chi connectivity index (χ1) is 8.79. The lowest BCUT2D eigenvalue weighted by molar-refractivity contribution is 0.0945. The van der Waals surface area contributed by atoms with Crippen molar-refractivity contribution in [1.29, 1.82) is 0 Å². The number of carbonyl (C=O) groups is 1. The number of hydrogen-bond donors (Lipinski definition) is 2. The molecule has 0 aromatic heterocycles. The molecule has 0 saturated heterocycles. The van der Waals surface area contributed by atoms with E-state index in [1.807, 2.05) is 24.3 Å². The molecule has 18 heavy (non-hydrogen) atoms. The first-order valence-electron chi connectivity index (χ1n) is 6.45. The van der Waals surface area contributed by atoms with Crippen LogP contribution in [0.5, 0.6) is 0 Å². The lowest BCUT2D eigenvalue weighted by atomic mass is 10.0. The summed E-state index contributed by atoms with van der Waals surface area (Å²) >= 11 is 0. The van der Waals surface area contributed by atoms with Gasteiger partial charge >= 0.3 is 0 Å². The standard InChI is InChI=1S/C15H19NO2/c17-10-9-16-15(18)14-7-5-13(6-8-14)11-12-3-1-2-4-12/h3,5-8,17H,1-2,4,9-11H2,(H,16,18). The van der Waals surface area contributed by atoms with E-state index in [9.17, 15) is 4.79 Å². The van der Waals surface area contributed by atoms with Crippen LogP contribution in [0.1, 0.15) is 35.2 Å². The summed E-state index contributed by atoms with van der Waals surface area (Å²) in [4.78, 5) is 11.6. The van der Waals surface area contributed by atoms with Crippen LogP contribution >= 0.6 is 0 Å². The quantitative estimate of drug-likeness (QED) is 0.780. The minimum atomic E-state index is -0.129. The van der Waals surface area contributed by atoms with Gasteiger partial charge in [0, 0.05) is 12.1 Å². The average molecular weight is 245 g/mol. The van der Waals surface area contributed by atoms with Crippen molar-refractivity contribution in [3.05, 3.63) is 47.0 Å². The molecule has 0 fully saturated rings. The third-order valence-electron chi connectivity index (χ3n) is 3.18. The van der Waals surface area contributed by atoms with Gasteiger partial charge in [0.25, 0.3) is 5.91 Å². The van der Waals surface area contributed by atoms with Crippen molar-refractivity contribution in [2.24, 2.45) is 0 Å². The van der Waals surface area contributed by atoms with Crippen LogP contribution < -0.4 is 5.32 Å². The Morgan fingerprint density at radius 2 is 2.06 bits per heavy atom. The highest BCUT2D eigenvalue weighted by molar-refractivity contribution is 5.94. The van der Waals surface area contributed by atoms with Crippen molar-refractivity contribution < 1.29 is 9.90 Å². The Morgan fingerprint density at radius 1 is 1.28 bits per heavy atom. The highest BCUT2D eigenvalue weighted by atomic mass is 16.3. The van der Waals surface area contributed by atoms with Gasteiger partial charge in [0.15, 0.2) is 0 Å². The van der Waals surface area contributed by atoms with Crippen LogP contribution in [0.4, 0.5) is 0 Å². The van der Waals surface area contributed by atoms with Crippen molar-refractivity contribution in [3.63, 3.8) is 0 Å². The smallest absolute Gasteiger partial charge is 0.251 e. The van der Waals surface area contributed by atoms with Crippen LogP contribution in [0.25, 0.3) is 0 Å². The van der Waals surface area contributed by atoms with Gasteiger partial charge in [-0.15, -0.1) is 0 Å². The van der Waals surface area contributed by atoms with Crippen LogP contribution in [0.3, 0.4) is 0 Å². The van der Waals surface area contributed by atoms with E-state index >= 15 is 0 Å². The molecule has 2 rings (SSSR count). The van der Waals surface area contributed by atoms with Crippen LogP contribution in [0, 0.1) is 0 Å². The van der Waals surface area contributed by atoms with E-state index in [0.717, 1.165) is 6.42 Å². The number of aliphatic hydroxyl groups is 1. The first-order valence-corrected chi connectivity index (χ1v) is 6.45. The number of aliphatic hydroxyl groups excluding tert-OH is 1. The molecule has 3 heteroatoms. The highest BCUT2D eigenvalue weighted by Gasteiger charge is 2.07. The summed E-state index contributed by atoms with van der Waals surface area (Å²) in [5.74, 6) is -0.129. The normalized spacial score (nSPS) is 14.4. The predicted octanol–water partition coefficient (Wildman–Crippen LogP) is 2.06. The van der Waals surface area contributed by atoms with Crippen molar-refractivity contribution in [2.45, 2.75) is 25.7 Å². The minimum absolute atomic E-state index is 0.0298. The van der Waals surface area contributed by atoms with Gasteiger partial charge in [-0.2, -0.15) is 0 Å². The fourth-order valence-corrected chi connectivity index (χ4v) is 2.21. The SMILES string of the molecule is O=C(NCCO)c1ccc(CC2=CCCC2)cc1. The van der Waals surface area contributed by atoms with Crippen molar-refractivity contribution in [1.82, 2.24) is 5.32 Å². The highest BCUT2D eigenvalue weighted by Crippen LogP contribution is 2.21. The monoisotopic (exact) mass is 245 g/mol. The molecule has 1 amide bonds. The molecule has 2 N–H and O–H groups in total. The lowest BCUT2D eigenvalue weighted by Crippen LogP contribution is -2.26. The fourth-order valence-electron chi connectivity index (χ4n) is 2.21. The molecule has 0 atom stereocenters. The number of nitrogens with one attached hydrogen (secondary N) is 1. The summed E-state index contributed by atoms with van der Waals surface area (Å²) < 4.78 is 0. The van der Waals surface area contributed by atoms with Crippen LogP contribution in [0.15, 0.2) is 35.9 Å². The van der Waals surface area contributed by atoms with Crippen LogP contribution in [0.2, 0.25) is 0 Å². The van der Waals surface area contributed by atoms with Gasteiger partial charge in [-0.25, -0.2) is 0 Å². The molecule has 1 aromatic rings. The Hall–Kier alpha value is -1.61. The molecule has 96 valence electrons. The number of allylic oxidation sites excluding steroid dienone is 2. The van der Waals surface area contributed by atoms with Gasteiger partial charge < -0.3 is 10.4 Å².